The normalized spacial score (nSPS) is 12.7. The van der Waals surface area contributed by atoms with Crippen LogP contribution >= 0.6 is 0 Å². The van der Waals surface area contributed by atoms with E-state index in [1.807, 2.05) is 0 Å². The van der Waals surface area contributed by atoms with Crippen molar-refractivity contribution in [2.24, 2.45) is 0 Å². The van der Waals surface area contributed by atoms with E-state index < -0.39 is 42.5 Å². The summed E-state index contributed by atoms with van der Waals surface area (Å²) in [7, 11) is 0. The van der Waals surface area contributed by atoms with E-state index in [1.54, 1.807) is 12.1 Å². The predicted octanol–water partition coefficient (Wildman–Crippen LogP) is 1.54. The summed E-state index contributed by atoms with van der Waals surface area (Å²) in [5.41, 5.74) is 0.487. The summed E-state index contributed by atoms with van der Waals surface area (Å²) < 4.78 is 18.2. The number of carbonyl (C=O) groups excluding carboxylic acids is 4. The first-order valence-electron chi connectivity index (χ1n) is 7.62. The van der Waals surface area contributed by atoms with Crippen molar-refractivity contribution in [2.45, 2.75) is 0 Å². The van der Waals surface area contributed by atoms with Crippen molar-refractivity contribution in [2.75, 3.05) is 23.4 Å². The third-order valence-electron chi connectivity index (χ3n) is 3.68. The minimum Gasteiger partial charge on any atom is -0.454 e. The zero-order valence-corrected chi connectivity index (χ0v) is 13.4. The van der Waals surface area contributed by atoms with Gasteiger partial charge in [0.1, 0.15) is 12.4 Å². The van der Waals surface area contributed by atoms with Crippen LogP contribution in [0.25, 0.3) is 0 Å². The second-order valence-electron chi connectivity index (χ2n) is 5.43. The van der Waals surface area contributed by atoms with Crippen molar-refractivity contribution in [1.82, 2.24) is 0 Å². The van der Waals surface area contributed by atoms with Crippen molar-refractivity contribution >= 4 is 34.9 Å². The number of nitrogens with one attached hydrogen (secondary N) is 1. The van der Waals surface area contributed by atoms with Gasteiger partial charge in [0.25, 0.3) is 17.6 Å². The summed E-state index contributed by atoms with van der Waals surface area (Å²) in [6.45, 7) is -1.15. The average molecular weight is 356 g/mol. The molecular weight excluding hydrogens is 343 g/mol. The molecule has 0 unspecified atom stereocenters. The molecule has 0 bridgehead atoms. The first-order chi connectivity index (χ1) is 12.5. The van der Waals surface area contributed by atoms with Gasteiger partial charge in [-0.25, -0.2) is 4.39 Å². The molecule has 2 aromatic rings. The number of para-hydroxylation sites is 2. The minimum absolute atomic E-state index is 0.0391. The highest BCUT2D eigenvalue weighted by Crippen LogP contribution is 2.28. The number of rotatable bonds is 5. The number of nitrogens with zero attached hydrogens (tertiary/aromatic N) is 1. The average Bonchev–Trinajstić information content (AvgIpc) is 2.87. The number of hydrogen-bond acceptors (Lipinski definition) is 5. The number of ether oxygens (including phenoxy) is 1. The highest BCUT2D eigenvalue weighted by molar-refractivity contribution is 6.52. The van der Waals surface area contributed by atoms with E-state index in [0.717, 1.165) is 4.90 Å². The quantitative estimate of drug-likeness (QED) is 0.648. The molecule has 1 heterocycles. The molecule has 0 spiro atoms. The fraction of sp³-hybridized carbons (Fsp3) is 0.111. The molecule has 1 aliphatic rings. The number of hydrogen-bond donors (Lipinski definition) is 1. The third kappa shape index (κ3) is 3.44. The predicted molar refractivity (Wildman–Crippen MR) is 89.1 cm³/mol. The van der Waals surface area contributed by atoms with E-state index >= 15 is 0 Å². The van der Waals surface area contributed by atoms with Gasteiger partial charge in [-0.2, -0.15) is 0 Å². The molecule has 2 amide bonds. The number of anilines is 2. The molecule has 0 aromatic heterocycles. The summed E-state index contributed by atoms with van der Waals surface area (Å²) in [6, 6.07) is 11.8. The largest absolute Gasteiger partial charge is 0.454 e. The van der Waals surface area contributed by atoms with E-state index in [1.165, 1.54) is 36.4 Å². The molecular formula is C18H13FN2O5. The monoisotopic (exact) mass is 356 g/mol. The zero-order valence-electron chi connectivity index (χ0n) is 13.4. The van der Waals surface area contributed by atoms with Gasteiger partial charge < -0.3 is 10.1 Å². The number of amides is 2. The Labute approximate surface area is 147 Å². The Kier molecular flexibility index (Phi) is 4.74. The van der Waals surface area contributed by atoms with Gasteiger partial charge in [-0.05, 0) is 24.3 Å². The van der Waals surface area contributed by atoms with E-state index in [0.29, 0.717) is 5.69 Å². The van der Waals surface area contributed by atoms with Gasteiger partial charge in [0.15, 0.2) is 6.61 Å². The summed E-state index contributed by atoms with van der Waals surface area (Å²) in [5, 5.41) is 2.26. The molecule has 26 heavy (non-hydrogen) atoms. The maximum atomic E-state index is 13.4. The molecule has 0 radical (unpaired) electrons. The second-order valence-corrected chi connectivity index (χ2v) is 5.43. The molecule has 0 aliphatic carbocycles. The Hall–Kier alpha value is -3.55. The van der Waals surface area contributed by atoms with Crippen LogP contribution in [0.4, 0.5) is 15.8 Å². The first-order valence-corrected chi connectivity index (χ1v) is 7.62. The Morgan fingerprint density at radius 2 is 1.73 bits per heavy atom. The van der Waals surface area contributed by atoms with Crippen molar-refractivity contribution < 1.29 is 28.3 Å². The molecule has 8 heteroatoms. The van der Waals surface area contributed by atoms with Crippen LogP contribution < -0.4 is 10.2 Å². The lowest BCUT2D eigenvalue weighted by Gasteiger charge is -2.15. The van der Waals surface area contributed by atoms with E-state index in [-0.39, 0.29) is 11.3 Å². The van der Waals surface area contributed by atoms with Crippen molar-refractivity contribution in [3.63, 3.8) is 0 Å². The Morgan fingerprint density at radius 1 is 1.04 bits per heavy atom. The zero-order chi connectivity index (χ0) is 18.7. The lowest BCUT2D eigenvalue weighted by atomic mass is 10.1. The van der Waals surface area contributed by atoms with E-state index in [4.69, 9.17) is 4.74 Å². The van der Waals surface area contributed by atoms with Crippen LogP contribution in [-0.2, 0) is 19.1 Å². The van der Waals surface area contributed by atoms with Gasteiger partial charge >= 0.3 is 5.97 Å². The Morgan fingerprint density at radius 3 is 2.50 bits per heavy atom. The molecule has 0 fully saturated rings. The second kappa shape index (κ2) is 7.14. The molecule has 0 saturated carbocycles. The summed E-state index contributed by atoms with van der Waals surface area (Å²) in [5.74, 6) is -3.76. The highest BCUT2D eigenvalue weighted by atomic mass is 19.1. The molecule has 7 nitrogen and oxygen atoms in total. The summed E-state index contributed by atoms with van der Waals surface area (Å²) in [6.07, 6.45) is 0. The number of Topliss-reactive ketones (excluding diaryl/α,β-unsaturated/α-hetero) is 1. The van der Waals surface area contributed by atoms with Crippen LogP contribution in [0.1, 0.15) is 10.4 Å². The number of esters is 1. The Bertz CT molecular complexity index is 912. The number of ketones is 1. The van der Waals surface area contributed by atoms with Crippen LogP contribution in [0.2, 0.25) is 0 Å². The van der Waals surface area contributed by atoms with Gasteiger partial charge in [-0.1, -0.05) is 24.3 Å². The van der Waals surface area contributed by atoms with Gasteiger partial charge in [0.05, 0.1) is 16.9 Å². The third-order valence-corrected chi connectivity index (χ3v) is 3.68. The van der Waals surface area contributed by atoms with Crippen LogP contribution in [0.15, 0.2) is 48.5 Å². The lowest BCUT2D eigenvalue weighted by Crippen LogP contribution is -2.36. The lowest BCUT2D eigenvalue weighted by molar-refractivity contribution is -0.146. The van der Waals surface area contributed by atoms with Gasteiger partial charge in [0.2, 0.25) is 0 Å². The number of halogens is 1. The molecule has 3 rings (SSSR count). The maximum absolute atomic E-state index is 13.4. The van der Waals surface area contributed by atoms with Crippen LogP contribution in [0, 0.1) is 5.82 Å². The van der Waals surface area contributed by atoms with Crippen LogP contribution in [0.3, 0.4) is 0 Å². The molecule has 0 saturated heterocycles. The van der Waals surface area contributed by atoms with Crippen LogP contribution in [0.5, 0.6) is 0 Å². The summed E-state index contributed by atoms with van der Waals surface area (Å²) in [4.78, 5) is 48.4. The topological polar surface area (TPSA) is 92.8 Å². The van der Waals surface area contributed by atoms with Gasteiger partial charge in [0, 0.05) is 0 Å². The minimum atomic E-state index is -0.869. The first kappa shape index (κ1) is 17.3. The molecule has 132 valence electrons. The summed E-state index contributed by atoms with van der Waals surface area (Å²) >= 11 is 0. The van der Waals surface area contributed by atoms with Crippen molar-refractivity contribution in [3.8, 4) is 0 Å². The molecule has 2 aromatic carbocycles. The fourth-order valence-electron chi connectivity index (χ4n) is 2.47. The molecule has 1 N–H and O–H groups in total. The van der Waals surface area contributed by atoms with Gasteiger partial charge in [-0.15, -0.1) is 0 Å². The standard InChI is InChI=1S/C18H13FN2O5/c19-12-6-2-3-7-13(12)20-15(22)10-26-16(23)9-21-14-8-4-1-5-11(14)17(24)18(21)25/h1-8H,9-10H2,(H,20,22). The SMILES string of the molecule is O=C(COC(=O)CN1C(=O)C(=O)c2ccccc21)Nc1ccccc1F. The van der Waals surface area contributed by atoms with Gasteiger partial charge in [-0.3, -0.25) is 24.1 Å². The smallest absolute Gasteiger partial charge is 0.326 e. The fourth-order valence-corrected chi connectivity index (χ4v) is 2.47. The number of carbonyl (C=O) groups is 4. The van der Waals surface area contributed by atoms with Crippen LogP contribution in [-0.4, -0.2) is 36.7 Å². The van der Waals surface area contributed by atoms with Crippen molar-refractivity contribution in [3.05, 3.63) is 59.9 Å². The maximum Gasteiger partial charge on any atom is 0.326 e. The molecule has 1 aliphatic heterocycles. The van der Waals surface area contributed by atoms with E-state index in [9.17, 15) is 23.6 Å². The number of benzene rings is 2. The van der Waals surface area contributed by atoms with Crippen molar-refractivity contribution in [1.29, 1.82) is 0 Å². The van der Waals surface area contributed by atoms with E-state index in [2.05, 4.69) is 5.32 Å². The highest BCUT2D eigenvalue weighted by Gasteiger charge is 2.36. The Balaban J connectivity index is 1.56. The molecule has 0 atom stereocenters. The number of fused-ring (bicyclic) bond motifs is 1.